The first kappa shape index (κ1) is 32.5. The van der Waals surface area contributed by atoms with Crippen LogP contribution in [0.15, 0.2) is 67.0 Å². The molecule has 0 spiro atoms. The first-order valence-electron chi connectivity index (χ1n) is 18.3. The Morgan fingerprint density at radius 1 is 0.959 bits per heavy atom. The van der Waals surface area contributed by atoms with E-state index >= 15 is 0 Å². The third-order valence-electron chi connectivity index (χ3n) is 12.4. The summed E-state index contributed by atoms with van der Waals surface area (Å²) in [7, 11) is -2.74. The van der Waals surface area contributed by atoms with Gasteiger partial charge < -0.3 is 23.8 Å². The summed E-state index contributed by atoms with van der Waals surface area (Å²) >= 11 is 2.27. The molecule has 0 radical (unpaired) electrons. The van der Waals surface area contributed by atoms with Crippen LogP contribution in [0.3, 0.4) is 0 Å². The number of rotatable bonds is 10. The Hall–Kier alpha value is -2.38. The highest BCUT2D eigenvalue weighted by Crippen LogP contribution is 2.72. The molecule has 0 unspecified atom stereocenters. The standard InChI is InChI=1S/C39H48IN5O3Si/c1-37(2,3)49(26-15-8-6-9-16-26,27-17-10-7-11-18-27)46-22-39-21-28(39)31(32-33(39)48-38(4,5)47-32)45-23-41-30-34(43-36(40)44-35(30)45)42-29(25-19-20-25)24-13-12-14-24/h6-11,15-18,23-25,28-29,31-33H,12-14,19-22H2,1-5H3,(H,42,43,44)/t28-,29-,31-,32+,33+,39+/m1/s1. The monoisotopic (exact) mass is 789 g/mol. The third kappa shape index (κ3) is 5.25. The van der Waals surface area contributed by atoms with E-state index in [9.17, 15) is 0 Å². The van der Waals surface area contributed by atoms with Crippen LogP contribution in [0.25, 0.3) is 11.2 Å². The SMILES string of the molecule is CC1(C)O[C@H]2[C@H](n3cnc4c(N[C@H](C5CCC5)C5CC5)nc(I)nc43)[C@H]3C[C@@]3(CO[Si](c3ccccc3)(c3ccccc3)C(C)(C)C)[C@H]2O1. The second-order valence-corrected chi connectivity index (χ2v) is 22.1. The van der Waals surface area contributed by atoms with E-state index in [1.54, 1.807) is 0 Å². The van der Waals surface area contributed by atoms with Crippen molar-refractivity contribution >= 4 is 58.3 Å². The topological polar surface area (TPSA) is 83.3 Å². The van der Waals surface area contributed by atoms with Gasteiger partial charge in [0.1, 0.15) is 6.10 Å². The zero-order valence-electron chi connectivity index (χ0n) is 29.2. The maximum absolute atomic E-state index is 7.61. The Morgan fingerprint density at radius 2 is 1.61 bits per heavy atom. The maximum atomic E-state index is 7.61. The van der Waals surface area contributed by atoms with Gasteiger partial charge >= 0.3 is 0 Å². The lowest BCUT2D eigenvalue weighted by Gasteiger charge is -2.44. The summed E-state index contributed by atoms with van der Waals surface area (Å²) in [6.45, 7) is 11.8. The van der Waals surface area contributed by atoms with E-state index in [1.165, 1.54) is 42.5 Å². The van der Waals surface area contributed by atoms with Crippen LogP contribution in [0.5, 0.6) is 0 Å². The van der Waals surface area contributed by atoms with E-state index in [2.05, 4.69) is 114 Å². The highest BCUT2D eigenvalue weighted by atomic mass is 127. The van der Waals surface area contributed by atoms with Crippen molar-refractivity contribution in [3.8, 4) is 0 Å². The number of benzene rings is 2. The molecule has 258 valence electrons. The largest absolute Gasteiger partial charge is 0.407 e. The molecule has 1 aliphatic heterocycles. The van der Waals surface area contributed by atoms with E-state index in [1.807, 2.05) is 20.2 Å². The Balaban J connectivity index is 1.08. The molecule has 4 aromatic rings. The minimum Gasteiger partial charge on any atom is -0.407 e. The first-order chi connectivity index (χ1) is 23.5. The number of hydrogen-bond donors (Lipinski definition) is 1. The Morgan fingerprint density at radius 3 is 2.20 bits per heavy atom. The number of aromatic nitrogens is 4. The number of imidazole rings is 1. The van der Waals surface area contributed by atoms with Crippen LogP contribution in [0.2, 0.25) is 5.04 Å². The number of ether oxygens (including phenoxy) is 2. The molecule has 5 aliphatic rings. The van der Waals surface area contributed by atoms with Crippen molar-refractivity contribution in [2.45, 2.75) is 108 Å². The third-order valence-corrected chi connectivity index (χ3v) is 17.9. The van der Waals surface area contributed by atoms with Crippen LogP contribution < -0.4 is 15.7 Å². The number of nitrogens with one attached hydrogen (secondary N) is 1. The van der Waals surface area contributed by atoms with Gasteiger partial charge in [-0.3, -0.25) is 0 Å². The molecule has 10 heteroatoms. The number of anilines is 1. The molecule has 2 aromatic carbocycles. The summed E-state index contributed by atoms with van der Waals surface area (Å²) in [5.41, 5.74) is 1.59. The molecule has 4 saturated carbocycles. The fourth-order valence-corrected chi connectivity index (χ4v) is 14.8. The molecule has 5 fully saturated rings. The minimum atomic E-state index is -2.74. The minimum absolute atomic E-state index is 0.0453. The van der Waals surface area contributed by atoms with Crippen molar-refractivity contribution in [2.75, 3.05) is 11.9 Å². The molecule has 49 heavy (non-hydrogen) atoms. The number of hydrogen-bond acceptors (Lipinski definition) is 7. The van der Waals surface area contributed by atoms with Crippen molar-refractivity contribution in [3.05, 3.63) is 70.8 Å². The van der Waals surface area contributed by atoms with Crippen LogP contribution in [0.4, 0.5) is 5.82 Å². The van der Waals surface area contributed by atoms with Crippen molar-refractivity contribution in [1.29, 1.82) is 0 Å². The summed E-state index contributed by atoms with van der Waals surface area (Å²) in [5, 5.41) is 6.40. The van der Waals surface area contributed by atoms with Gasteiger partial charge in [0.05, 0.1) is 18.5 Å². The first-order valence-corrected chi connectivity index (χ1v) is 21.3. The van der Waals surface area contributed by atoms with Crippen molar-refractivity contribution in [2.24, 2.45) is 23.2 Å². The van der Waals surface area contributed by atoms with Gasteiger partial charge in [0, 0.05) is 40.7 Å². The van der Waals surface area contributed by atoms with Crippen molar-refractivity contribution < 1.29 is 13.9 Å². The maximum Gasteiger partial charge on any atom is 0.261 e. The normalized spacial score (nSPS) is 29.8. The predicted octanol–water partition coefficient (Wildman–Crippen LogP) is 7.08. The lowest BCUT2D eigenvalue weighted by atomic mass is 9.78. The van der Waals surface area contributed by atoms with Crippen LogP contribution in [-0.4, -0.2) is 58.5 Å². The number of halogens is 1. The molecule has 6 atom stereocenters. The summed E-state index contributed by atoms with van der Waals surface area (Å²) in [5.74, 6) is 2.01. The van der Waals surface area contributed by atoms with Gasteiger partial charge in [-0.25, -0.2) is 15.0 Å². The Labute approximate surface area is 304 Å². The van der Waals surface area contributed by atoms with E-state index < -0.39 is 14.1 Å². The number of nitrogens with zero attached hydrogens (tertiary/aromatic N) is 4. The molecular formula is C39H48IN5O3Si. The summed E-state index contributed by atoms with van der Waals surface area (Å²) in [6.07, 6.45) is 9.40. The quantitative estimate of drug-likeness (QED) is 0.105. The Bertz CT molecular complexity index is 1820. The van der Waals surface area contributed by atoms with Gasteiger partial charge in [-0.1, -0.05) is 87.9 Å². The molecule has 3 heterocycles. The predicted molar refractivity (Wildman–Crippen MR) is 202 cm³/mol. The van der Waals surface area contributed by atoms with Gasteiger partial charge in [0.15, 0.2) is 26.6 Å². The molecule has 1 saturated heterocycles. The van der Waals surface area contributed by atoms with Crippen molar-refractivity contribution in [1.82, 2.24) is 19.5 Å². The summed E-state index contributed by atoms with van der Waals surface area (Å²) in [6, 6.07) is 22.4. The molecular weight excluding hydrogens is 741 g/mol. The van der Waals surface area contributed by atoms with Crippen LogP contribution in [0.1, 0.15) is 79.2 Å². The smallest absolute Gasteiger partial charge is 0.261 e. The van der Waals surface area contributed by atoms with Gasteiger partial charge in [0.25, 0.3) is 8.32 Å². The molecule has 8 nitrogen and oxygen atoms in total. The second kappa shape index (κ2) is 11.6. The zero-order valence-corrected chi connectivity index (χ0v) is 32.4. The average molecular weight is 790 g/mol. The Kier molecular flexibility index (Phi) is 7.67. The highest BCUT2D eigenvalue weighted by molar-refractivity contribution is 14.1. The highest BCUT2D eigenvalue weighted by Gasteiger charge is 2.76. The van der Waals surface area contributed by atoms with Gasteiger partial charge in [-0.05, 0) is 79.1 Å². The molecule has 0 bridgehead atoms. The molecule has 2 aromatic heterocycles. The lowest BCUT2D eigenvalue weighted by molar-refractivity contribution is -0.162. The molecule has 1 N–H and O–H groups in total. The molecule has 9 rings (SSSR count). The van der Waals surface area contributed by atoms with Crippen molar-refractivity contribution in [3.63, 3.8) is 0 Å². The second-order valence-electron chi connectivity index (χ2n) is 16.9. The lowest BCUT2D eigenvalue weighted by Crippen LogP contribution is -2.67. The number of fused-ring (bicyclic) bond motifs is 4. The van der Waals surface area contributed by atoms with Crippen LogP contribution >= 0.6 is 22.6 Å². The van der Waals surface area contributed by atoms with E-state index in [0.717, 1.165) is 39.1 Å². The van der Waals surface area contributed by atoms with E-state index in [0.29, 0.717) is 18.6 Å². The van der Waals surface area contributed by atoms with Gasteiger partial charge in [-0.2, -0.15) is 0 Å². The molecule has 4 aliphatic carbocycles. The van der Waals surface area contributed by atoms with E-state index in [4.69, 9.17) is 28.9 Å². The van der Waals surface area contributed by atoms with Crippen LogP contribution in [-0.2, 0) is 13.9 Å². The van der Waals surface area contributed by atoms with E-state index in [-0.39, 0.29) is 28.7 Å². The summed E-state index contributed by atoms with van der Waals surface area (Å²) < 4.78 is 24.3. The fourth-order valence-electron chi connectivity index (χ4n) is 9.70. The fraction of sp³-hybridized carbons (Fsp3) is 0.564. The average Bonchev–Trinajstić information content (AvgIpc) is 3.92. The zero-order chi connectivity index (χ0) is 33.8. The molecule has 0 amide bonds. The van der Waals surface area contributed by atoms with Gasteiger partial charge in [-0.15, -0.1) is 0 Å². The van der Waals surface area contributed by atoms with Crippen LogP contribution in [0, 0.1) is 27.0 Å². The van der Waals surface area contributed by atoms with Gasteiger partial charge in [0.2, 0.25) is 0 Å². The summed E-state index contributed by atoms with van der Waals surface area (Å²) in [4.78, 5) is 15.0.